The average molecular weight is 765 g/mol. The predicted octanol–water partition coefficient (Wildman–Crippen LogP) is 8.59. The molecular formula is C42H44N4O6S2. The number of carbonyl (C=O) groups is 1. The number of carbonyl (C=O) groups excluding carboxylic acids is 1. The summed E-state index contributed by atoms with van der Waals surface area (Å²) in [5.41, 5.74) is 4.18. The summed E-state index contributed by atoms with van der Waals surface area (Å²) in [6, 6.07) is 38.9. The summed E-state index contributed by atoms with van der Waals surface area (Å²) >= 11 is 1.62. The van der Waals surface area contributed by atoms with Crippen molar-refractivity contribution in [3.8, 4) is 11.1 Å². The number of ether oxygens (including phenoxy) is 1. The number of anilines is 2. The number of nitro benzene ring substituents is 1. The third-order valence-electron chi connectivity index (χ3n) is 9.97. The number of nitrogens with one attached hydrogen (secondary N) is 2. The lowest BCUT2D eigenvalue weighted by Crippen LogP contribution is -2.47. The van der Waals surface area contributed by atoms with Crippen molar-refractivity contribution in [2.24, 2.45) is 0 Å². The Hall–Kier alpha value is -5.17. The summed E-state index contributed by atoms with van der Waals surface area (Å²) in [6.07, 6.45) is 3.09. The average Bonchev–Trinajstić information content (AvgIpc) is 3.20. The molecule has 0 aromatic heterocycles. The Balaban J connectivity index is 1.07. The zero-order chi connectivity index (χ0) is 38.1. The van der Waals surface area contributed by atoms with Gasteiger partial charge in [-0.15, -0.1) is 11.8 Å². The fourth-order valence-corrected chi connectivity index (χ4v) is 8.81. The highest BCUT2D eigenvalue weighted by molar-refractivity contribution is 7.99. The van der Waals surface area contributed by atoms with Crippen LogP contribution in [0.5, 0.6) is 0 Å². The van der Waals surface area contributed by atoms with E-state index >= 15 is 0 Å². The van der Waals surface area contributed by atoms with E-state index in [4.69, 9.17) is 4.74 Å². The normalized spacial score (nSPS) is 14.6. The van der Waals surface area contributed by atoms with Gasteiger partial charge in [-0.2, -0.15) is 0 Å². The maximum atomic E-state index is 13.3. The number of thioether (sulfide) groups is 1. The predicted molar refractivity (Wildman–Crippen MR) is 216 cm³/mol. The van der Waals surface area contributed by atoms with Crippen molar-refractivity contribution >= 4 is 44.8 Å². The summed E-state index contributed by atoms with van der Waals surface area (Å²) < 4.78 is 34.8. The van der Waals surface area contributed by atoms with E-state index in [2.05, 4.69) is 51.3 Å². The lowest BCUT2D eigenvalue weighted by atomic mass is 9.82. The molecule has 1 amide bonds. The SMILES string of the molecule is CCC(CSc1ccccc1)Nc1ccc(S(=O)(=O)NC(=O)c2ccc(N3CCC(Cc4ccccc4-c4ccccc4)(OC)CC3)cc2)cc1[N+](=O)[O-]. The highest BCUT2D eigenvalue weighted by Crippen LogP contribution is 2.35. The van der Waals surface area contributed by atoms with Crippen LogP contribution >= 0.6 is 11.8 Å². The minimum atomic E-state index is -4.41. The van der Waals surface area contributed by atoms with E-state index in [9.17, 15) is 23.3 Å². The van der Waals surface area contributed by atoms with Crippen LogP contribution in [-0.4, -0.2) is 56.8 Å². The van der Waals surface area contributed by atoms with Crippen molar-refractivity contribution in [1.29, 1.82) is 0 Å². The smallest absolute Gasteiger partial charge is 0.293 e. The van der Waals surface area contributed by atoms with Crippen LogP contribution in [0, 0.1) is 10.1 Å². The van der Waals surface area contributed by atoms with Crippen LogP contribution in [0.2, 0.25) is 0 Å². The summed E-state index contributed by atoms with van der Waals surface area (Å²) in [5.74, 6) is -0.174. The van der Waals surface area contributed by atoms with Crippen LogP contribution in [-0.2, 0) is 21.2 Å². The van der Waals surface area contributed by atoms with Gasteiger partial charge in [0.1, 0.15) is 5.69 Å². The molecule has 280 valence electrons. The van der Waals surface area contributed by atoms with Gasteiger partial charge in [-0.05, 0) is 84.5 Å². The van der Waals surface area contributed by atoms with Gasteiger partial charge < -0.3 is 15.0 Å². The lowest BCUT2D eigenvalue weighted by Gasteiger charge is -2.42. The largest absolute Gasteiger partial charge is 0.378 e. The lowest BCUT2D eigenvalue weighted by molar-refractivity contribution is -0.384. The molecule has 6 rings (SSSR count). The molecule has 2 N–H and O–H groups in total. The monoisotopic (exact) mass is 764 g/mol. The number of benzene rings is 5. The van der Waals surface area contributed by atoms with Gasteiger partial charge in [-0.1, -0.05) is 79.7 Å². The number of amides is 1. The van der Waals surface area contributed by atoms with Crippen molar-refractivity contribution < 1.29 is 22.9 Å². The second-order valence-electron chi connectivity index (χ2n) is 13.4. The molecule has 0 aliphatic carbocycles. The van der Waals surface area contributed by atoms with Gasteiger partial charge in [0.15, 0.2) is 0 Å². The van der Waals surface area contributed by atoms with Crippen LogP contribution in [0.1, 0.15) is 42.1 Å². The highest BCUT2D eigenvalue weighted by atomic mass is 32.2. The van der Waals surface area contributed by atoms with Crippen molar-refractivity contribution in [3.63, 3.8) is 0 Å². The number of methoxy groups -OCH3 is 1. The Morgan fingerprint density at radius 1 is 0.907 bits per heavy atom. The molecule has 1 aliphatic rings. The number of nitrogens with zero attached hydrogens (tertiary/aromatic N) is 2. The first-order valence-corrected chi connectivity index (χ1v) is 20.4. The maximum Gasteiger partial charge on any atom is 0.293 e. The van der Waals surface area contributed by atoms with Gasteiger partial charge >= 0.3 is 0 Å². The van der Waals surface area contributed by atoms with E-state index in [1.54, 1.807) is 43.1 Å². The number of hydrogen-bond acceptors (Lipinski definition) is 9. The molecule has 10 nitrogen and oxygen atoms in total. The standard InChI is InChI=1S/C42H44N4O6S2/c1-3-34(30-53-36-15-8-5-9-16-36)43-39-23-22-37(28-40(39)46(48)49)54(50,51)44-41(47)32-18-20-35(21-19-32)45-26-24-42(52-2,25-27-45)29-33-14-10-11-17-38(33)31-12-6-4-7-13-31/h4-23,28,34,43H,3,24-27,29-30H2,1-2H3,(H,44,47). The number of sulfonamides is 1. The van der Waals surface area contributed by atoms with E-state index in [1.807, 2.05) is 55.5 Å². The second kappa shape index (κ2) is 17.3. The minimum absolute atomic E-state index is 0.103. The summed E-state index contributed by atoms with van der Waals surface area (Å²) in [5, 5.41) is 15.2. The first-order chi connectivity index (χ1) is 26.1. The summed E-state index contributed by atoms with van der Waals surface area (Å²) in [4.78, 5) is 27.5. The van der Waals surface area contributed by atoms with Gasteiger partial charge in [0.25, 0.3) is 21.6 Å². The fourth-order valence-electron chi connectivity index (χ4n) is 6.76. The quantitative estimate of drug-likeness (QED) is 0.0612. The van der Waals surface area contributed by atoms with E-state index in [-0.39, 0.29) is 27.8 Å². The molecule has 12 heteroatoms. The van der Waals surface area contributed by atoms with Crippen LogP contribution < -0.4 is 14.9 Å². The van der Waals surface area contributed by atoms with E-state index < -0.39 is 26.5 Å². The molecule has 54 heavy (non-hydrogen) atoms. The maximum absolute atomic E-state index is 13.3. The molecule has 0 saturated carbocycles. The minimum Gasteiger partial charge on any atom is -0.378 e. The van der Waals surface area contributed by atoms with Gasteiger partial charge in [-0.25, -0.2) is 13.1 Å². The Labute approximate surface area is 321 Å². The van der Waals surface area contributed by atoms with Crippen LogP contribution in [0.25, 0.3) is 11.1 Å². The van der Waals surface area contributed by atoms with Crippen LogP contribution in [0.4, 0.5) is 17.1 Å². The van der Waals surface area contributed by atoms with Crippen molar-refractivity contribution in [3.05, 3.63) is 149 Å². The molecule has 0 radical (unpaired) electrons. The van der Waals surface area contributed by atoms with Gasteiger partial charge in [0.2, 0.25) is 0 Å². The van der Waals surface area contributed by atoms with Crippen molar-refractivity contribution in [2.75, 3.05) is 36.2 Å². The number of piperidine rings is 1. The summed E-state index contributed by atoms with van der Waals surface area (Å²) in [7, 11) is -2.64. The Bertz CT molecular complexity index is 2160. The highest BCUT2D eigenvalue weighted by Gasteiger charge is 2.35. The molecule has 1 atom stereocenters. The van der Waals surface area contributed by atoms with E-state index in [0.717, 1.165) is 49.0 Å². The Morgan fingerprint density at radius 2 is 1.56 bits per heavy atom. The second-order valence-corrected chi connectivity index (χ2v) is 16.1. The molecule has 1 heterocycles. The van der Waals surface area contributed by atoms with Crippen LogP contribution in [0.3, 0.4) is 0 Å². The number of rotatable bonds is 15. The first kappa shape index (κ1) is 38.6. The third-order valence-corrected chi connectivity index (χ3v) is 12.5. The summed E-state index contributed by atoms with van der Waals surface area (Å²) in [6.45, 7) is 3.47. The molecule has 0 bridgehead atoms. The first-order valence-electron chi connectivity index (χ1n) is 17.9. The Kier molecular flexibility index (Phi) is 12.4. The number of hydrogen-bond donors (Lipinski definition) is 2. The molecule has 1 fully saturated rings. The van der Waals surface area contributed by atoms with Crippen molar-refractivity contribution in [2.45, 2.75) is 54.0 Å². The van der Waals surface area contributed by atoms with E-state index in [1.165, 1.54) is 28.8 Å². The Morgan fingerprint density at radius 3 is 2.20 bits per heavy atom. The molecule has 5 aromatic rings. The topological polar surface area (TPSA) is 131 Å². The van der Waals surface area contributed by atoms with Gasteiger partial charge in [-0.3, -0.25) is 14.9 Å². The zero-order valence-electron chi connectivity index (χ0n) is 30.3. The fraction of sp³-hybridized carbons (Fsp3) is 0.262. The van der Waals surface area contributed by atoms with Gasteiger partial charge in [0, 0.05) is 60.6 Å². The molecule has 1 saturated heterocycles. The van der Waals surface area contributed by atoms with E-state index in [0.29, 0.717) is 12.2 Å². The molecule has 1 aliphatic heterocycles. The van der Waals surface area contributed by atoms with Crippen LogP contribution in [0.15, 0.2) is 137 Å². The van der Waals surface area contributed by atoms with Crippen molar-refractivity contribution in [1.82, 2.24) is 4.72 Å². The number of nitro groups is 1. The molecule has 5 aromatic carbocycles. The molecular weight excluding hydrogens is 721 g/mol. The zero-order valence-corrected chi connectivity index (χ0v) is 31.9. The van der Waals surface area contributed by atoms with Gasteiger partial charge in [0.05, 0.1) is 15.4 Å². The molecule has 0 spiro atoms. The molecule has 1 unspecified atom stereocenters. The third kappa shape index (κ3) is 9.30.